The van der Waals surface area contributed by atoms with Crippen LogP contribution in [0.25, 0.3) is 11.1 Å². The molecule has 0 aliphatic rings. The fraction of sp³-hybridized carbons (Fsp3) is 0.333. The van der Waals surface area contributed by atoms with E-state index in [1.807, 2.05) is 18.2 Å². The van der Waals surface area contributed by atoms with Crippen LogP contribution in [0, 0.1) is 5.82 Å². The second kappa shape index (κ2) is 8.50. The number of nitrogen functional groups attached to an aromatic ring is 1. The van der Waals surface area contributed by atoms with E-state index < -0.39 is 0 Å². The van der Waals surface area contributed by atoms with Gasteiger partial charge in [0, 0.05) is 49.8 Å². The minimum atomic E-state index is -0.281. The Morgan fingerprint density at radius 1 is 0.957 bits per heavy atom. The summed E-state index contributed by atoms with van der Waals surface area (Å²) in [5.74, 6) is -0.281. The summed E-state index contributed by atoms with van der Waals surface area (Å²) in [5.41, 5.74) is 8.77. The summed E-state index contributed by atoms with van der Waals surface area (Å²) in [7, 11) is 3.34. The summed E-state index contributed by atoms with van der Waals surface area (Å²) >= 11 is 0. The monoisotopic (exact) mass is 318 g/mol. The van der Waals surface area contributed by atoms with Crippen LogP contribution in [0.5, 0.6) is 0 Å². The number of nitrogens with two attached hydrogens (primary N) is 1. The normalized spacial score (nSPS) is 10.7. The van der Waals surface area contributed by atoms with Crippen molar-refractivity contribution in [2.75, 3.05) is 51.2 Å². The van der Waals surface area contributed by atoms with Gasteiger partial charge in [0.1, 0.15) is 5.82 Å². The second-order valence-corrected chi connectivity index (χ2v) is 5.22. The highest BCUT2D eigenvalue weighted by Gasteiger charge is 2.12. The summed E-state index contributed by atoms with van der Waals surface area (Å²) in [4.78, 5) is 2.14. The van der Waals surface area contributed by atoms with Gasteiger partial charge in [-0.3, -0.25) is 0 Å². The number of nitrogens with zero attached hydrogens (tertiary/aromatic N) is 1. The van der Waals surface area contributed by atoms with Gasteiger partial charge in [-0.15, -0.1) is 0 Å². The molecule has 0 radical (unpaired) electrons. The van der Waals surface area contributed by atoms with Gasteiger partial charge < -0.3 is 20.1 Å². The molecule has 23 heavy (non-hydrogen) atoms. The van der Waals surface area contributed by atoms with Gasteiger partial charge in [0.2, 0.25) is 0 Å². The Morgan fingerprint density at radius 3 is 2.22 bits per heavy atom. The Morgan fingerprint density at radius 2 is 1.61 bits per heavy atom. The van der Waals surface area contributed by atoms with Gasteiger partial charge in [-0.1, -0.05) is 18.2 Å². The molecule has 0 saturated carbocycles. The molecule has 2 aromatic carbocycles. The lowest BCUT2D eigenvalue weighted by molar-refractivity contribution is 0.190. The summed E-state index contributed by atoms with van der Waals surface area (Å²) in [6.07, 6.45) is 0. The first kappa shape index (κ1) is 17.2. The molecule has 2 aromatic rings. The Kier molecular flexibility index (Phi) is 6.38. The Balaban J connectivity index is 2.35. The van der Waals surface area contributed by atoms with Crippen molar-refractivity contribution in [3.05, 3.63) is 48.3 Å². The van der Waals surface area contributed by atoms with Crippen molar-refractivity contribution >= 4 is 11.4 Å². The highest BCUT2D eigenvalue weighted by Crippen LogP contribution is 2.32. The van der Waals surface area contributed by atoms with Crippen LogP contribution < -0.4 is 10.6 Å². The summed E-state index contributed by atoms with van der Waals surface area (Å²) in [6.45, 7) is 2.65. The Bertz CT molecular complexity index is 626. The molecule has 0 aromatic heterocycles. The highest BCUT2D eigenvalue weighted by molar-refractivity contribution is 5.80. The number of hydrogen-bond donors (Lipinski definition) is 1. The molecule has 0 saturated heterocycles. The van der Waals surface area contributed by atoms with Crippen molar-refractivity contribution in [1.82, 2.24) is 0 Å². The van der Waals surface area contributed by atoms with Crippen LogP contribution in [0.3, 0.4) is 0 Å². The first-order valence-electron chi connectivity index (χ1n) is 7.54. The molecule has 0 unspecified atom stereocenters. The van der Waals surface area contributed by atoms with Crippen molar-refractivity contribution in [3.63, 3.8) is 0 Å². The van der Waals surface area contributed by atoms with Crippen LogP contribution in [0.4, 0.5) is 15.8 Å². The van der Waals surface area contributed by atoms with E-state index in [0.717, 1.165) is 18.8 Å². The number of hydrogen-bond acceptors (Lipinski definition) is 4. The second-order valence-electron chi connectivity index (χ2n) is 5.22. The predicted molar refractivity (Wildman–Crippen MR) is 92.2 cm³/mol. The van der Waals surface area contributed by atoms with Gasteiger partial charge in [-0.05, 0) is 24.3 Å². The van der Waals surface area contributed by atoms with E-state index >= 15 is 0 Å². The SMILES string of the molecule is COCCN(CCOC)c1ccc(N)c(-c2ccccc2F)c1. The van der Waals surface area contributed by atoms with E-state index in [1.54, 1.807) is 32.4 Å². The third-order valence-corrected chi connectivity index (χ3v) is 3.70. The number of rotatable bonds is 8. The number of anilines is 2. The van der Waals surface area contributed by atoms with Crippen LogP contribution in [0.1, 0.15) is 0 Å². The maximum atomic E-state index is 14.1. The fourth-order valence-electron chi connectivity index (χ4n) is 2.43. The Labute approximate surface area is 136 Å². The molecule has 0 aliphatic carbocycles. The predicted octanol–water partition coefficient (Wildman–Crippen LogP) is 3.17. The molecule has 0 amide bonds. The lowest BCUT2D eigenvalue weighted by Crippen LogP contribution is -2.30. The molecule has 2 N–H and O–H groups in total. The van der Waals surface area contributed by atoms with Gasteiger partial charge in [0.15, 0.2) is 0 Å². The number of benzene rings is 2. The summed E-state index contributed by atoms with van der Waals surface area (Å²) < 4.78 is 24.4. The minimum absolute atomic E-state index is 0.281. The maximum absolute atomic E-state index is 14.1. The lowest BCUT2D eigenvalue weighted by atomic mass is 10.0. The lowest BCUT2D eigenvalue weighted by Gasteiger charge is -2.25. The zero-order chi connectivity index (χ0) is 16.7. The molecular formula is C18H23FN2O2. The van der Waals surface area contributed by atoms with E-state index in [-0.39, 0.29) is 5.82 Å². The van der Waals surface area contributed by atoms with Crippen LogP contribution in [0.2, 0.25) is 0 Å². The third-order valence-electron chi connectivity index (χ3n) is 3.70. The van der Waals surface area contributed by atoms with E-state index in [4.69, 9.17) is 15.2 Å². The smallest absolute Gasteiger partial charge is 0.131 e. The van der Waals surface area contributed by atoms with Gasteiger partial charge >= 0.3 is 0 Å². The molecule has 124 valence electrons. The first-order chi connectivity index (χ1) is 11.2. The van der Waals surface area contributed by atoms with Crippen molar-refractivity contribution in [2.24, 2.45) is 0 Å². The van der Waals surface area contributed by atoms with Crippen LogP contribution >= 0.6 is 0 Å². The molecule has 0 bridgehead atoms. The van der Waals surface area contributed by atoms with Crippen LogP contribution in [0.15, 0.2) is 42.5 Å². The molecule has 0 aliphatic heterocycles. The van der Waals surface area contributed by atoms with Gasteiger partial charge in [-0.25, -0.2) is 4.39 Å². The maximum Gasteiger partial charge on any atom is 0.131 e. The largest absolute Gasteiger partial charge is 0.398 e. The van der Waals surface area contributed by atoms with E-state index in [9.17, 15) is 4.39 Å². The minimum Gasteiger partial charge on any atom is -0.398 e. The highest BCUT2D eigenvalue weighted by atomic mass is 19.1. The molecular weight excluding hydrogens is 295 g/mol. The topological polar surface area (TPSA) is 47.7 Å². The summed E-state index contributed by atoms with van der Waals surface area (Å²) in [5, 5.41) is 0. The van der Waals surface area contributed by atoms with Crippen LogP contribution in [-0.2, 0) is 9.47 Å². The Hall–Kier alpha value is -2.11. The number of ether oxygens (including phenoxy) is 2. The fourth-order valence-corrected chi connectivity index (χ4v) is 2.43. The van der Waals surface area contributed by atoms with Crippen LogP contribution in [-0.4, -0.2) is 40.5 Å². The van der Waals surface area contributed by atoms with Gasteiger partial charge in [-0.2, -0.15) is 0 Å². The van der Waals surface area contributed by atoms with Gasteiger partial charge in [0.25, 0.3) is 0 Å². The zero-order valence-electron chi connectivity index (χ0n) is 13.6. The van der Waals surface area contributed by atoms with Crippen molar-refractivity contribution in [3.8, 4) is 11.1 Å². The molecule has 0 heterocycles. The van der Waals surface area contributed by atoms with Gasteiger partial charge in [0.05, 0.1) is 13.2 Å². The first-order valence-corrected chi connectivity index (χ1v) is 7.54. The number of halogens is 1. The molecule has 0 atom stereocenters. The molecule has 5 heteroatoms. The average Bonchev–Trinajstić information content (AvgIpc) is 2.56. The molecule has 2 rings (SSSR count). The van der Waals surface area contributed by atoms with E-state index in [0.29, 0.717) is 30.0 Å². The number of methoxy groups -OCH3 is 2. The van der Waals surface area contributed by atoms with Crippen molar-refractivity contribution < 1.29 is 13.9 Å². The van der Waals surface area contributed by atoms with Crippen molar-refractivity contribution in [2.45, 2.75) is 0 Å². The molecule has 0 spiro atoms. The summed E-state index contributed by atoms with van der Waals surface area (Å²) in [6, 6.07) is 12.3. The zero-order valence-corrected chi connectivity index (χ0v) is 13.6. The standard InChI is InChI=1S/C18H23FN2O2/c1-22-11-9-21(10-12-23-2)14-7-8-18(20)16(13-14)15-5-3-4-6-17(15)19/h3-8,13H,9-12,20H2,1-2H3. The van der Waals surface area contributed by atoms with E-state index in [2.05, 4.69) is 4.90 Å². The third kappa shape index (κ3) is 4.43. The quantitative estimate of drug-likeness (QED) is 0.760. The molecule has 0 fully saturated rings. The van der Waals surface area contributed by atoms with Crippen molar-refractivity contribution in [1.29, 1.82) is 0 Å². The van der Waals surface area contributed by atoms with E-state index in [1.165, 1.54) is 6.07 Å². The molecule has 4 nitrogen and oxygen atoms in total. The average molecular weight is 318 g/mol.